The van der Waals surface area contributed by atoms with E-state index < -0.39 is 0 Å². The predicted octanol–water partition coefficient (Wildman–Crippen LogP) is 1.64. The maximum absolute atomic E-state index is 3.40. The minimum absolute atomic E-state index is 0.906. The Balaban J connectivity index is 2.30. The monoisotopic (exact) mass is 127 g/mol. The van der Waals surface area contributed by atoms with Crippen molar-refractivity contribution in [2.24, 2.45) is 11.8 Å². The molecule has 54 valence electrons. The fourth-order valence-corrected chi connectivity index (χ4v) is 1.67. The molecule has 1 aliphatic heterocycles. The van der Waals surface area contributed by atoms with Gasteiger partial charge in [0.2, 0.25) is 0 Å². The lowest BCUT2D eigenvalue weighted by Gasteiger charge is -2.28. The molecule has 1 rings (SSSR count). The van der Waals surface area contributed by atoms with E-state index in [1.165, 1.54) is 25.9 Å². The molecular weight excluding hydrogens is 110 g/mol. The quantitative estimate of drug-likeness (QED) is 0.564. The van der Waals surface area contributed by atoms with Crippen LogP contribution in [0.15, 0.2) is 0 Å². The number of rotatable bonds is 1. The molecule has 1 nitrogen and oxygen atoms in total. The van der Waals surface area contributed by atoms with Gasteiger partial charge in [0.1, 0.15) is 0 Å². The molecule has 2 atom stereocenters. The number of hydrogen-bond acceptors (Lipinski definition) is 1. The summed E-state index contributed by atoms with van der Waals surface area (Å²) in [5.74, 6) is 1.90. The lowest BCUT2D eigenvalue weighted by atomic mass is 9.86. The molecule has 0 aromatic carbocycles. The smallest absolute Gasteiger partial charge is 0.00205 e. The van der Waals surface area contributed by atoms with Gasteiger partial charge in [0, 0.05) is 0 Å². The van der Waals surface area contributed by atoms with Crippen LogP contribution >= 0.6 is 0 Å². The van der Waals surface area contributed by atoms with Crippen LogP contribution in [0.4, 0.5) is 0 Å². The molecule has 0 bridgehead atoms. The molecule has 0 saturated carbocycles. The van der Waals surface area contributed by atoms with E-state index in [0.717, 1.165) is 11.8 Å². The molecule has 1 N–H and O–H groups in total. The average molecular weight is 127 g/mol. The van der Waals surface area contributed by atoms with Crippen molar-refractivity contribution in [3.63, 3.8) is 0 Å². The first-order valence-electron chi connectivity index (χ1n) is 4.05. The van der Waals surface area contributed by atoms with Crippen LogP contribution < -0.4 is 5.32 Å². The molecule has 0 unspecified atom stereocenters. The molecule has 1 heteroatoms. The summed E-state index contributed by atoms with van der Waals surface area (Å²) in [5.41, 5.74) is 0. The van der Waals surface area contributed by atoms with Crippen LogP contribution in [-0.4, -0.2) is 13.1 Å². The van der Waals surface area contributed by atoms with Crippen molar-refractivity contribution >= 4 is 0 Å². The van der Waals surface area contributed by atoms with Gasteiger partial charge in [-0.15, -0.1) is 0 Å². The molecule has 0 aliphatic carbocycles. The highest BCUT2D eigenvalue weighted by Crippen LogP contribution is 2.20. The molecule has 9 heavy (non-hydrogen) atoms. The summed E-state index contributed by atoms with van der Waals surface area (Å²) < 4.78 is 0. The predicted molar refractivity (Wildman–Crippen MR) is 40.4 cm³/mol. The van der Waals surface area contributed by atoms with E-state index in [4.69, 9.17) is 0 Å². The third kappa shape index (κ3) is 1.68. The van der Waals surface area contributed by atoms with Crippen molar-refractivity contribution in [3.05, 3.63) is 0 Å². The van der Waals surface area contributed by atoms with Gasteiger partial charge >= 0.3 is 0 Å². The van der Waals surface area contributed by atoms with Gasteiger partial charge in [0.15, 0.2) is 0 Å². The Kier molecular flexibility index (Phi) is 2.52. The zero-order chi connectivity index (χ0) is 6.69. The highest BCUT2D eigenvalue weighted by Gasteiger charge is 2.18. The first-order valence-corrected chi connectivity index (χ1v) is 4.05. The Hall–Kier alpha value is -0.0400. The fraction of sp³-hybridized carbons (Fsp3) is 1.00. The van der Waals surface area contributed by atoms with E-state index in [-0.39, 0.29) is 0 Å². The SMILES string of the molecule is CC[C@H]1CCNC[C@@H]1C. The molecule has 1 heterocycles. The minimum Gasteiger partial charge on any atom is -0.316 e. The Morgan fingerprint density at radius 1 is 1.56 bits per heavy atom. The summed E-state index contributed by atoms with van der Waals surface area (Å²) in [4.78, 5) is 0. The van der Waals surface area contributed by atoms with Crippen LogP contribution in [0.25, 0.3) is 0 Å². The van der Waals surface area contributed by atoms with Crippen molar-refractivity contribution < 1.29 is 0 Å². The van der Waals surface area contributed by atoms with Gasteiger partial charge in [-0.1, -0.05) is 20.3 Å². The van der Waals surface area contributed by atoms with E-state index in [0.29, 0.717) is 0 Å². The number of piperidine rings is 1. The second kappa shape index (κ2) is 3.21. The first kappa shape index (κ1) is 7.07. The van der Waals surface area contributed by atoms with Gasteiger partial charge < -0.3 is 5.32 Å². The van der Waals surface area contributed by atoms with E-state index in [1.54, 1.807) is 0 Å². The van der Waals surface area contributed by atoms with E-state index in [2.05, 4.69) is 19.2 Å². The fourth-order valence-electron chi connectivity index (χ4n) is 1.67. The topological polar surface area (TPSA) is 12.0 Å². The maximum atomic E-state index is 3.40. The summed E-state index contributed by atoms with van der Waals surface area (Å²) in [6.07, 6.45) is 2.75. The molecule has 0 aromatic heterocycles. The van der Waals surface area contributed by atoms with Gasteiger partial charge in [-0.3, -0.25) is 0 Å². The van der Waals surface area contributed by atoms with E-state index in [9.17, 15) is 0 Å². The van der Waals surface area contributed by atoms with Crippen LogP contribution in [0.2, 0.25) is 0 Å². The molecule has 1 saturated heterocycles. The Labute approximate surface area is 57.8 Å². The molecule has 0 amide bonds. The lowest BCUT2D eigenvalue weighted by Crippen LogP contribution is -2.34. The second-order valence-electron chi connectivity index (χ2n) is 3.14. The maximum Gasteiger partial charge on any atom is -0.00205 e. The van der Waals surface area contributed by atoms with Gasteiger partial charge in [-0.2, -0.15) is 0 Å². The molecule has 0 spiro atoms. The molecule has 1 aliphatic rings. The zero-order valence-corrected chi connectivity index (χ0v) is 6.48. The molecule has 0 radical (unpaired) electrons. The van der Waals surface area contributed by atoms with Crippen molar-refractivity contribution in [1.29, 1.82) is 0 Å². The zero-order valence-electron chi connectivity index (χ0n) is 6.48. The highest BCUT2D eigenvalue weighted by molar-refractivity contribution is 4.73. The second-order valence-corrected chi connectivity index (χ2v) is 3.14. The first-order chi connectivity index (χ1) is 4.34. The third-order valence-corrected chi connectivity index (χ3v) is 2.49. The van der Waals surface area contributed by atoms with Gasteiger partial charge in [0.05, 0.1) is 0 Å². The van der Waals surface area contributed by atoms with Crippen LogP contribution in [0.3, 0.4) is 0 Å². The van der Waals surface area contributed by atoms with Crippen LogP contribution in [0.1, 0.15) is 26.7 Å². The molecular formula is C8H17N. The van der Waals surface area contributed by atoms with Gasteiger partial charge in [0.25, 0.3) is 0 Å². The van der Waals surface area contributed by atoms with Crippen LogP contribution in [0.5, 0.6) is 0 Å². The number of hydrogen-bond donors (Lipinski definition) is 1. The number of nitrogens with one attached hydrogen (secondary N) is 1. The van der Waals surface area contributed by atoms with Crippen molar-refractivity contribution in [2.45, 2.75) is 26.7 Å². The summed E-state index contributed by atoms with van der Waals surface area (Å²) in [6, 6.07) is 0. The summed E-state index contributed by atoms with van der Waals surface area (Å²) in [5, 5.41) is 3.40. The third-order valence-electron chi connectivity index (χ3n) is 2.49. The largest absolute Gasteiger partial charge is 0.316 e. The van der Waals surface area contributed by atoms with Crippen LogP contribution in [0, 0.1) is 11.8 Å². The van der Waals surface area contributed by atoms with E-state index in [1.807, 2.05) is 0 Å². The summed E-state index contributed by atoms with van der Waals surface area (Å²) >= 11 is 0. The van der Waals surface area contributed by atoms with Crippen molar-refractivity contribution in [1.82, 2.24) is 5.32 Å². The summed E-state index contributed by atoms with van der Waals surface area (Å²) in [6.45, 7) is 7.12. The Bertz CT molecular complexity index is 80.6. The highest BCUT2D eigenvalue weighted by atomic mass is 14.9. The molecule has 1 fully saturated rings. The Morgan fingerprint density at radius 2 is 2.33 bits per heavy atom. The van der Waals surface area contributed by atoms with Gasteiger partial charge in [-0.25, -0.2) is 0 Å². The van der Waals surface area contributed by atoms with E-state index >= 15 is 0 Å². The minimum atomic E-state index is 0.906. The standard InChI is InChI=1S/C8H17N/c1-3-8-4-5-9-6-7(8)2/h7-9H,3-6H2,1-2H3/t7-,8-/m0/s1. The van der Waals surface area contributed by atoms with Gasteiger partial charge in [-0.05, 0) is 31.3 Å². The summed E-state index contributed by atoms with van der Waals surface area (Å²) in [7, 11) is 0. The van der Waals surface area contributed by atoms with Crippen molar-refractivity contribution in [3.8, 4) is 0 Å². The normalized spacial score (nSPS) is 36.7. The average Bonchev–Trinajstić information content (AvgIpc) is 1.89. The Morgan fingerprint density at radius 3 is 2.78 bits per heavy atom. The lowest BCUT2D eigenvalue weighted by molar-refractivity contribution is 0.266. The van der Waals surface area contributed by atoms with Crippen molar-refractivity contribution in [2.75, 3.05) is 13.1 Å². The van der Waals surface area contributed by atoms with Crippen LogP contribution in [-0.2, 0) is 0 Å². The molecule has 0 aromatic rings.